The molecule has 0 aliphatic heterocycles. The molecule has 0 heterocycles. The number of nitrogens with one attached hydrogen (secondary N) is 1. The van der Waals surface area contributed by atoms with Crippen molar-refractivity contribution in [3.8, 4) is 11.5 Å². The summed E-state index contributed by atoms with van der Waals surface area (Å²) in [4.78, 5) is 0. The fraction of sp³-hybridized carbons (Fsp3) is 0.400. The highest BCUT2D eigenvalue weighted by molar-refractivity contribution is 6.32. The van der Waals surface area contributed by atoms with Gasteiger partial charge >= 0.3 is 0 Å². The number of rotatable bonds is 9. The van der Waals surface area contributed by atoms with E-state index in [0.29, 0.717) is 23.1 Å². The van der Waals surface area contributed by atoms with Gasteiger partial charge in [0.25, 0.3) is 0 Å². The molecular formula is C20H26ClNO2. The number of hydrogen-bond acceptors (Lipinski definition) is 3. The summed E-state index contributed by atoms with van der Waals surface area (Å²) in [6.07, 6.45) is 2.35. The Morgan fingerprint density at radius 1 is 1.12 bits per heavy atom. The molecule has 0 saturated heterocycles. The number of benzene rings is 2. The zero-order chi connectivity index (χ0) is 17.4. The smallest absolute Gasteiger partial charge is 0.180 e. The number of halogens is 1. The van der Waals surface area contributed by atoms with Crippen molar-refractivity contribution < 1.29 is 9.47 Å². The van der Waals surface area contributed by atoms with Crippen molar-refractivity contribution in [3.05, 3.63) is 58.1 Å². The number of unbranched alkanes of at least 4 members (excludes halogenated alkanes) is 1. The van der Waals surface area contributed by atoms with E-state index in [1.807, 2.05) is 24.3 Å². The van der Waals surface area contributed by atoms with Crippen LogP contribution in [0.1, 0.15) is 36.5 Å². The van der Waals surface area contributed by atoms with Crippen LogP contribution in [0.3, 0.4) is 0 Å². The van der Waals surface area contributed by atoms with Crippen molar-refractivity contribution in [2.24, 2.45) is 0 Å². The molecule has 1 N–H and O–H groups in total. The number of ether oxygens (including phenoxy) is 2. The van der Waals surface area contributed by atoms with Gasteiger partial charge in [-0.05, 0) is 43.1 Å². The molecule has 0 radical (unpaired) electrons. The third-order valence-corrected chi connectivity index (χ3v) is 4.07. The fourth-order valence-electron chi connectivity index (χ4n) is 2.51. The van der Waals surface area contributed by atoms with Crippen LogP contribution < -0.4 is 14.8 Å². The summed E-state index contributed by atoms with van der Waals surface area (Å²) in [5, 5.41) is 3.99. The van der Waals surface area contributed by atoms with Gasteiger partial charge in [0.15, 0.2) is 11.5 Å². The first-order valence-corrected chi connectivity index (χ1v) is 8.77. The van der Waals surface area contributed by atoms with Gasteiger partial charge in [0.2, 0.25) is 0 Å². The molecular weight excluding hydrogens is 322 g/mol. The van der Waals surface area contributed by atoms with Crippen molar-refractivity contribution in [1.29, 1.82) is 0 Å². The van der Waals surface area contributed by atoms with Crippen LogP contribution in [0, 0.1) is 6.92 Å². The molecule has 0 atom stereocenters. The molecule has 0 aliphatic rings. The maximum Gasteiger partial charge on any atom is 0.180 e. The molecule has 0 amide bonds. The molecule has 0 aliphatic carbocycles. The van der Waals surface area contributed by atoms with E-state index >= 15 is 0 Å². The van der Waals surface area contributed by atoms with Crippen LogP contribution in [-0.4, -0.2) is 13.7 Å². The first-order chi connectivity index (χ1) is 11.6. The Bertz CT molecular complexity index is 658. The van der Waals surface area contributed by atoms with Crippen LogP contribution in [0.15, 0.2) is 36.4 Å². The van der Waals surface area contributed by atoms with Gasteiger partial charge in [-0.2, -0.15) is 0 Å². The van der Waals surface area contributed by atoms with Crippen molar-refractivity contribution >= 4 is 11.6 Å². The van der Waals surface area contributed by atoms with Gasteiger partial charge in [0.05, 0.1) is 12.1 Å². The summed E-state index contributed by atoms with van der Waals surface area (Å²) >= 11 is 6.42. The molecule has 4 heteroatoms. The maximum atomic E-state index is 6.42. The Hall–Kier alpha value is -1.71. The second-order valence-electron chi connectivity index (χ2n) is 5.92. The molecule has 0 spiro atoms. The Balaban J connectivity index is 2.06. The normalized spacial score (nSPS) is 10.7. The lowest BCUT2D eigenvalue weighted by molar-refractivity contribution is 0.284. The van der Waals surface area contributed by atoms with Crippen LogP contribution in [0.4, 0.5) is 0 Å². The zero-order valence-electron chi connectivity index (χ0n) is 14.7. The van der Waals surface area contributed by atoms with Gasteiger partial charge in [0.1, 0.15) is 6.61 Å². The van der Waals surface area contributed by atoms with E-state index in [4.69, 9.17) is 21.1 Å². The van der Waals surface area contributed by atoms with Crippen LogP contribution in [0.25, 0.3) is 0 Å². The average molecular weight is 348 g/mol. The molecule has 0 fully saturated rings. The highest BCUT2D eigenvalue weighted by Crippen LogP contribution is 2.37. The lowest BCUT2D eigenvalue weighted by Gasteiger charge is -2.15. The molecule has 0 saturated carbocycles. The van der Waals surface area contributed by atoms with E-state index < -0.39 is 0 Å². The second kappa shape index (κ2) is 9.55. The Morgan fingerprint density at radius 3 is 2.67 bits per heavy atom. The summed E-state index contributed by atoms with van der Waals surface area (Å²) in [7, 11) is 1.64. The predicted molar refractivity (Wildman–Crippen MR) is 100 cm³/mol. The lowest BCUT2D eigenvalue weighted by atomic mass is 10.1. The zero-order valence-corrected chi connectivity index (χ0v) is 15.5. The summed E-state index contributed by atoms with van der Waals surface area (Å²) in [5.41, 5.74) is 3.41. The van der Waals surface area contributed by atoms with Crippen molar-refractivity contribution in [2.45, 2.75) is 39.8 Å². The SMILES string of the molecule is CCCCNCc1cc(Cl)c(OCc2cccc(C)c2)c(OC)c1. The van der Waals surface area contributed by atoms with Gasteiger partial charge in [0, 0.05) is 6.54 Å². The van der Waals surface area contributed by atoms with E-state index in [2.05, 4.69) is 31.3 Å². The topological polar surface area (TPSA) is 30.5 Å². The largest absolute Gasteiger partial charge is 0.493 e. The third-order valence-electron chi connectivity index (χ3n) is 3.79. The Morgan fingerprint density at radius 2 is 1.96 bits per heavy atom. The molecule has 0 unspecified atom stereocenters. The lowest BCUT2D eigenvalue weighted by Crippen LogP contribution is -2.14. The van der Waals surface area contributed by atoms with Gasteiger partial charge in [-0.15, -0.1) is 0 Å². The molecule has 0 bridgehead atoms. The third kappa shape index (κ3) is 5.43. The highest BCUT2D eigenvalue weighted by atomic mass is 35.5. The second-order valence-corrected chi connectivity index (χ2v) is 6.32. The highest BCUT2D eigenvalue weighted by Gasteiger charge is 2.12. The minimum atomic E-state index is 0.464. The first kappa shape index (κ1) is 18.6. The summed E-state index contributed by atoms with van der Waals surface area (Å²) < 4.78 is 11.4. The number of hydrogen-bond donors (Lipinski definition) is 1. The van der Waals surface area contributed by atoms with Gasteiger partial charge in [-0.25, -0.2) is 0 Å². The van der Waals surface area contributed by atoms with Crippen LogP contribution in [0.5, 0.6) is 11.5 Å². The van der Waals surface area contributed by atoms with Crippen molar-refractivity contribution in [3.63, 3.8) is 0 Å². The van der Waals surface area contributed by atoms with Crippen LogP contribution in [-0.2, 0) is 13.2 Å². The molecule has 2 aromatic carbocycles. The summed E-state index contributed by atoms with van der Waals surface area (Å²) in [6, 6.07) is 12.2. The quantitative estimate of drug-likeness (QED) is 0.638. The van der Waals surface area contributed by atoms with Crippen LogP contribution in [0.2, 0.25) is 5.02 Å². The molecule has 2 aromatic rings. The molecule has 0 aromatic heterocycles. The summed E-state index contributed by atoms with van der Waals surface area (Å²) in [6.45, 7) is 6.49. The predicted octanol–water partition coefficient (Wildman–Crippen LogP) is 5.13. The molecule has 130 valence electrons. The monoisotopic (exact) mass is 347 g/mol. The molecule has 3 nitrogen and oxygen atoms in total. The van der Waals surface area contributed by atoms with E-state index in [0.717, 1.165) is 24.2 Å². The van der Waals surface area contributed by atoms with Gasteiger partial charge in [-0.1, -0.05) is 54.8 Å². The summed E-state index contributed by atoms with van der Waals surface area (Å²) in [5.74, 6) is 1.26. The van der Waals surface area contributed by atoms with E-state index in [1.165, 1.54) is 18.4 Å². The van der Waals surface area contributed by atoms with Crippen LogP contribution >= 0.6 is 11.6 Å². The Kier molecular flexibility index (Phi) is 7.41. The molecule has 24 heavy (non-hydrogen) atoms. The van der Waals surface area contributed by atoms with Crippen molar-refractivity contribution in [1.82, 2.24) is 5.32 Å². The minimum Gasteiger partial charge on any atom is -0.493 e. The van der Waals surface area contributed by atoms with Gasteiger partial charge in [-0.3, -0.25) is 0 Å². The van der Waals surface area contributed by atoms with E-state index in [1.54, 1.807) is 7.11 Å². The first-order valence-electron chi connectivity index (χ1n) is 8.39. The number of methoxy groups -OCH3 is 1. The molecule has 2 rings (SSSR count). The Labute approximate surface area is 149 Å². The minimum absolute atomic E-state index is 0.464. The standard InChI is InChI=1S/C20H26ClNO2/c1-4-5-9-22-13-17-11-18(21)20(19(12-17)23-3)24-14-16-8-6-7-15(2)10-16/h6-8,10-12,22H,4-5,9,13-14H2,1-3H3. The van der Waals surface area contributed by atoms with E-state index in [-0.39, 0.29) is 0 Å². The number of aryl methyl sites for hydroxylation is 1. The van der Waals surface area contributed by atoms with Gasteiger partial charge < -0.3 is 14.8 Å². The fourth-order valence-corrected chi connectivity index (χ4v) is 2.80. The maximum absolute atomic E-state index is 6.42. The van der Waals surface area contributed by atoms with Crippen molar-refractivity contribution in [2.75, 3.05) is 13.7 Å². The van der Waals surface area contributed by atoms with E-state index in [9.17, 15) is 0 Å². The average Bonchev–Trinajstić information content (AvgIpc) is 2.57.